The Balaban J connectivity index is 1.96. The van der Waals surface area contributed by atoms with Gasteiger partial charge in [-0.15, -0.1) is 11.6 Å². The van der Waals surface area contributed by atoms with Crippen LogP contribution in [0.25, 0.3) is 0 Å². The van der Waals surface area contributed by atoms with E-state index in [9.17, 15) is 4.79 Å². The van der Waals surface area contributed by atoms with Gasteiger partial charge in [-0.1, -0.05) is 12.1 Å². The van der Waals surface area contributed by atoms with E-state index in [1.165, 1.54) is 12.8 Å². The van der Waals surface area contributed by atoms with E-state index >= 15 is 0 Å². The molecule has 0 aliphatic heterocycles. The molecule has 1 aromatic carbocycles. The van der Waals surface area contributed by atoms with Gasteiger partial charge < -0.3 is 5.32 Å². The Morgan fingerprint density at radius 1 is 1.59 bits per heavy atom. The first kappa shape index (κ1) is 13.1. The number of carbonyl (C=O) groups excluding carboxylic acids is 1. The number of amides is 1. The van der Waals surface area contributed by atoms with E-state index in [1.54, 1.807) is 0 Å². The van der Waals surface area contributed by atoms with Gasteiger partial charge in [0.1, 0.15) is 0 Å². The molecule has 0 radical (unpaired) electrons. The van der Waals surface area contributed by atoms with Crippen LogP contribution in [0.5, 0.6) is 0 Å². The second kappa shape index (κ2) is 5.57. The van der Waals surface area contributed by atoms with Crippen LogP contribution in [-0.2, 0) is 0 Å². The molecule has 4 heteroatoms. The molecule has 1 aliphatic rings. The summed E-state index contributed by atoms with van der Waals surface area (Å²) in [5.41, 5.74) is 1.87. The minimum absolute atomic E-state index is 0.0237. The number of halogens is 2. The molecule has 0 aromatic heterocycles. The third-order valence-corrected chi connectivity index (χ3v) is 4.97. The summed E-state index contributed by atoms with van der Waals surface area (Å²) in [7, 11) is 0. The van der Waals surface area contributed by atoms with Crippen molar-refractivity contribution in [3.05, 3.63) is 32.9 Å². The van der Waals surface area contributed by atoms with Crippen molar-refractivity contribution in [3.8, 4) is 0 Å². The summed E-state index contributed by atoms with van der Waals surface area (Å²) in [5, 5.41) is 3.00. The molecule has 1 aromatic rings. The molecule has 2 rings (SSSR count). The summed E-state index contributed by atoms with van der Waals surface area (Å²) in [6.07, 6.45) is 2.40. The fraction of sp³-hybridized carbons (Fsp3) is 0.462. The molecule has 0 saturated heterocycles. The van der Waals surface area contributed by atoms with Gasteiger partial charge in [0.05, 0.1) is 10.9 Å². The van der Waals surface area contributed by atoms with Crippen LogP contribution >= 0.6 is 34.2 Å². The predicted octanol–water partition coefficient (Wildman–Crippen LogP) is 3.35. The lowest BCUT2D eigenvalue weighted by atomic mass is 10.1. The molecule has 0 heterocycles. The average molecular weight is 364 g/mol. The molecule has 0 bridgehead atoms. The van der Waals surface area contributed by atoms with E-state index in [1.807, 2.05) is 25.1 Å². The molecule has 1 fully saturated rings. The maximum absolute atomic E-state index is 12.0. The van der Waals surface area contributed by atoms with Gasteiger partial charge in [-0.05, 0) is 59.9 Å². The molecule has 2 nitrogen and oxygen atoms in total. The van der Waals surface area contributed by atoms with Gasteiger partial charge in [0.2, 0.25) is 0 Å². The molecule has 92 valence electrons. The number of nitrogens with one attached hydrogen (secondary N) is 1. The minimum atomic E-state index is -0.0237. The zero-order valence-electron chi connectivity index (χ0n) is 9.67. The first-order chi connectivity index (χ1) is 8.09. The van der Waals surface area contributed by atoms with Crippen molar-refractivity contribution in [1.29, 1.82) is 0 Å². The number of rotatable bonds is 4. The maximum Gasteiger partial charge on any atom is 0.252 e. The van der Waals surface area contributed by atoms with E-state index in [0.717, 1.165) is 14.7 Å². The predicted molar refractivity (Wildman–Crippen MR) is 78.6 cm³/mol. The largest absolute Gasteiger partial charge is 0.351 e. The van der Waals surface area contributed by atoms with E-state index < -0.39 is 0 Å². The number of aryl methyl sites for hydroxylation is 1. The van der Waals surface area contributed by atoms with E-state index in [0.29, 0.717) is 12.5 Å². The summed E-state index contributed by atoms with van der Waals surface area (Å²) in [6, 6.07) is 5.77. The van der Waals surface area contributed by atoms with E-state index in [-0.39, 0.29) is 11.3 Å². The molecule has 1 unspecified atom stereocenters. The number of carbonyl (C=O) groups is 1. The van der Waals surface area contributed by atoms with Crippen molar-refractivity contribution in [3.63, 3.8) is 0 Å². The molecule has 17 heavy (non-hydrogen) atoms. The number of hydrogen-bond acceptors (Lipinski definition) is 1. The monoisotopic (exact) mass is 363 g/mol. The smallest absolute Gasteiger partial charge is 0.252 e. The van der Waals surface area contributed by atoms with Gasteiger partial charge in [0.25, 0.3) is 5.91 Å². The number of alkyl halides is 1. The molecular weight excluding hydrogens is 349 g/mol. The van der Waals surface area contributed by atoms with Crippen LogP contribution in [-0.4, -0.2) is 17.8 Å². The van der Waals surface area contributed by atoms with Crippen molar-refractivity contribution < 1.29 is 4.79 Å². The Morgan fingerprint density at radius 2 is 2.29 bits per heavy atom. The highest BCUT2D eigenvalue weighted by Gasteiger charge is 2.29. The third-order valence-electron chi connectivity index (χ3n) is 3.03. The Hall–Kier alpha value is -0.290. The normalized spacial score (nSPS) is 16.6. The van der Waals surface area contributed by atoms with Crippen molar-refractivity contribution in [1.82, 2.24) is 5.32 Å². The number of hydrogen-bond donors (Lipinski definition) is 1. The zero-order chi connectivity index (χ0) is 12.4. The van der Waals surface area contributed by atoms with Crippen molar-refractivity contribution in [2.45, 2.75) is 25.1 Å². The second-order valence-corrected chi connectivity index (χ2v) is 6.14. The van der Waals surface area contributed by atoms with Crippen molar-refractivity contribution in [2.24, 2.45) is 5.92 Å². The SMILES string of the molecule is Cc1cccc(C(=O)NCC(Cl)C2CC2)c1I. The Morgan fingerprint density at radius 3 is 2.94 bits per heavy atom. The Labute approximate surface area is 120 Å². The van der Waals surface area contributed by atoms with Crippen LogP contribution in [0, 0.1) is 16.4 Å². The van der Waals surface area contributed by atoms with Gasteiger partial charge in [-0.25, -0.2) is 0 Å². The highest BCUT2D eigenvalue weighted by molar-refractivity contribution is 14.1. The first-order valence-electron chi connectivity index (χ1n) is 5.77. The van der Waals surface area contributed by atoms with Crippen molar-refractivity contribution in [2.75, 3.05) is 6.54 Å². The molecule has 1 atom stereocenters. The van der Waals surface area contributed by atoms with Gasteiger partial charge in [-0.2, -0.15) is 0 Å². The summed E-state index contributed by atoms with van der Waals surface area (Å²) in [5.74, 6) is 0.581. The van der Waals surface area contributed by atoms with Crippen LogP contribution in [0.2, 0.25) is 0 Å². The minimum Gasteiger partial charge on any atom is -0.351 e. The number of benzene rings is 1. The quantitative estimate of drug-likeness (QED) is 0.645. The summed E-state index contributed by atoms with van der Waals surface area (Å²) < 4.78 is 1.01. The fourth-order valence-electron chi connectivity index (χ4n) is 1.73. The lowest BCUT2D eigenvalue weighted by Crippen LogP contribution is -2.31. The van der Waals surface area contributed by atoms with Crippen LogP contribution in [0.1, 0.15) is 28.8 Å². The topological polar surface area (TPSA) is 29.1 Å². The highest BCUT2D eigenvalue weighted by Crippen LogP contribution is 2.35. The highest BCUT2D eigenvalue weighted by atomic mass is 127. The van der Waals surface area contributed by atoms with Crippen LogP contribution in [0.4, 0.5) is 0 Å². The first-order valence-corrected chi connectivity index (χ1v) is 7.28. The summed E-state index contributed by atoms with van der Waals surface area (Å²) >= 11 is 8.37. The van der Waals surface area contributed by atoms with E-state index in [4.69, 9.17) is 11.6 Å². The Kier molecular flexibility index (Phi) is 4.31. The van der Waals surface area contributed by atoms with Gasteiger partial charge in [-0.3, -0.25) is 4.79 Å². The lowest BCUT2D eigenvalue weighted by Gasteiger charge is -2.11. The van der Waals surface area contributed by atoms with Crippen LogP contribution < -0.4 is 5.32 Å². The molecule has 1 amide bonds. The van der Waals surface area contributed by atoms with Crippen LogP contribution in [0.3, 0.4) is 0 Å². The fourth-order valence-corrected chi connectivity index (χ4v) is 2.67. The van der Waals surface area contributed by atoms with Crippen molar-refractivity contribution >= 4 is 40.1 Å². The van der Waals surface area contributed by atoms with Gasteiger partial charge in [0, 0.05) is 10.1 Å². The van der Waals surface area contributed by atoms with E-state index in [2.05, 4.69) is 27.9 Å². The molecule has 1 N–H and O–H groups in total. The standard InChI is InChI=1S/C13H15ClINO/c1-8-3-2-4-10(12(8)15)13(17)16-7-11(14)9-5-6-9/h2-4,9,11H,5-7H2,1H3,(H,16,17). The Bertz CT molecular complexity index is 431. The van der Waals surface area contributed by atoms with Crippen LogP contribution in [0.15, 0.2) is 18.2 Å². The molecule has 0 spiro atoms. The summed E-state index contributed by atoms with van der Waals surface area (Å²) in [6.45, 7) is 2.57. The molecule has 1 aliphatic carbocycles. The molecule has 1 saturated carbocycles. The maximum atomic E-state index is 12.0. The lowest BCUT2D eigenvalue weighted by molar-refractivity contribution is 0.0952. The summed E-state index contributed by atoms with van der Waals surface area (Å²) in [4.78, 5) is 12.0. The zero-order valence-corrected chi connectivity index (χ0v) is 12.6. The van der Waals surface area contributed by atoms with Gasteiger partial charge in [0.15, 0.2) is 0 Å². The second-order valence-electron chi connectivity index (χ2n) is 4.50. The molecular formula is C13H15ClINO. The average Bonchev–Trinajstić information content (AvgIpc) is 3.13. The third kappa shape index (κ3) is 3.35. The van der Waals surface area contributed by atoms with Gasteiger partial charge >= 0.3 is 0 Å².